The molecule has 5 heteroatoms. The molecular weight excluding hydrogens is 304 g/mol. The first-order chi connectivity index (χ1) is 11.7. The molecule has 0 aliphatic heterocycles. The van der Waals surface area contributed by atoms with E-state index in [1.54, 1.807) is 7.11 Å². The Morgan fingerprint density at radius 1 is 1.08 bits per heavy atom. The molecule has 2 aromatic carbocycles. The molecule has 0 unspecified atom stereocenters. The third-order valence-electron chi connectivity index (χ3n) is 3.45. The van der Waals surface area contributed by atoms with Crippen LogP contribution in [0.3, 0.4) is 0 Å². The molecule has 0 saturated heterocycles. The number of amides is 1. The third kappa shape index (κ3) is 5.93. The van der Waals surface area contributed by atoms with E-state index < -0.39 is 0 Å². The Bertz CT molecular complexity index is 641. The molecule has 5 nitrogen and oxygen atoms in total. The molecule has 0 saturated carbocycles. The van der Waals surface area contributed by atoms with E-state index >= 15 is 0 Å². The summed E-state index contributed by atoms with van der Waals surface area (Å²) in [7, 11) is 1.62. The second-order valence-electron chi connectivity index (χ2n) is 5.30. The number of carbonyl (C=O) groups is 1. The van der Waals surface area contributed by atoms with E-state index in [2.05, 4.69) is 17.6 Å². The number of hydrogen-bond acceptors (Lipinski definition) is 4. The Kier molecular flexibility index (Phi) is 7.11. The van der Waals surface area contributed by atoms with Crippen molar-refractivity contribution in [1.29, 1.82) is 0 Å². The molecule has 2 N–H and O–H groups in total. The second kappa shape index (κ2) is 9.57. The van der Waals surface area contributed by atoms with Crippen molar-refractivity contribution in [3.05, 3.63) is 54.1 Å². The van der Waals surface area contributed by atoms with Crippen LogP contribution in [0.25, 0.3) is 0 Å². The molecule has 0 spiro atoms. The molecule has 0 radical (unpaired) electrons. The normalized spacial score (nSPS) is 10.2. The minimum absolute atomic E-state index is 0.0656. The van der Waals surface area contributed by atoms with Gasteiger partial charge in [0.25, 0.3) is 0 Å². The van der Waals surface area contributed by atoms with Gasteiger partial charge in [-0.3, -0.25) is 4.79 Å². The molecule has 24 heavy (non-hydrogen) atoms. The van der Waals surface area contributed by atoms with E-state index in [1.165, 1.54) is 0 Å². The fourth-order valence-electron chi connectivity index (χ4n) is 2.19. The van der Waals surface area contributed by atoms with Crippen molar-refractivity contribution in [3.63, 3.8) is 0 Å². The summed E-state index contributed by atoms with van der Waals surface area (Å²) in [4.78, 5) is 12.0. The number of anilines is 1. The van der Waals surface area contributed by atoms with Crippen LogP contribution in [-0.2, 0) is 11.3 Å². The first-order valence-corrected chi connectivity index (χ1v) is 8.07. The van der Waals surface area contributed by atoms with Gasteiger partial charge in [-0.1, -0.05) is 19.1 Å². The molecule has 0 bridgehead atoms. The number of ether oxygens (including phenoxy) is 2. The van der Waals surface area contributed by atoms with Crippen LogP contribution >= 0.6 is 0 Å². The summed E-state index contributed by atoms with van der Waals surface area (Å²) in [5.41, 5.74) is 1.95. The number of rotatable bonds is 9. The maximum absolute atomic E-state index is 12.0. The SMILES string of the molecule is CCNCc1cccc(NC(=O)CCOc2ccc(OC)cc2)c1. The predicted octanol–water partition coefficient (Wildman–Crippen LogP) is 3.21. The minimum Gasteiger partial charge on any atom is -0.497 e. The minimum atomic E-state index is -0.0656. The van der Waals surface area contributed by atoms with Crippen molar-refractivity contribution in [2.45, 2.75) is 19.9 Å². The average molecular weight is 328 g/mol. The first kappa shape index (κ1) is 17.8. The van der Waals surface area contributed by atoms with Gasteiger partial charge in [0.15, 0.2) is 0 Å². The van der Waals surface area contributed by atoms with E-state index in [0.29, 0.717) is 13.0 Å². The summed E-state index contributed by atoms with van der Waals surface area (Å²) in [5, 5.41) is 6.16. The zero-order chi connectivity index (χ0) is 17.2. The molecule has 0 aliphatic carbocycles. The zero-order valence-electron chi connectivity index (χ0n) is 14.2. The van der Waals surface area contributed by atoms with Crippen LogP contribution in [0, 0.1) is 0 Å². The number of carbonyl (C=O) groups excluding carboxylic acids is 1. The van der Waals surface area contributed by atoms with Gasteiger partial charge in [0.1, 0.15) is 11.5 Å². The molecule has 1 amide bonds. The van der Waals surface area contributed by atoms with Crippen LogP contribution in [0.2, 0.25) is 0 Å². The van der Waals surface area contributed by atoms with E-state index in [4.69, 9.17) is 9.47 Å². The molecule has 128 valence electrons. The monoisotopic (exact) mass is 328 g/mol. The van der Waals surface area contributed by atoms with E-state index in [1.807, 2.05) is 48.5 Å². The summed E-state index contributed by atoms with van der Waals surface area (Å²) >= 11 is 0. The highest BCUT2D eigenvalue weighted by Gasteiger charge is 2.04. The van der Waals surface area contributed by atoms with Crippen molar-refractivity contribution in [2.24, 2.45) is 0 Å². The highest BCUT2D eigenvalue weighted by Crippen LogP contribution is 2.17. The second-order valence-corrected chi connectivity index (χ2v) is 5.30. The van der Waals surface area contributed by atoms with Gasteiger partial charge in [-0.05, 0) is 48.5 Å². The van der Waals surface area contributed by atoms with Crippen LogP contribution in [0.1, 0.15) is 18.9 Å². The summed E-state index contributed by atoms with van der Waals surface area (Å²) in [6.07, 6.45) is 0.295. The maximum Gasteiger partial charge on any atom is 0.227 e. The lowest BCUT2D eigenvalue weighted by atomic mass is 10.2. The fraction of sp³-hybridized carbons (Fsp3) is 0.316. The van der Waals surface area contributed by atoms with Gasteiger partial charge in [-0.25, -0.2) is 0 Å². The van der Waals surface area contributed by atoms with Crippen molar-refractivity contribution in [1.82, 2.24) is 5.32 Å². The highest BCUT2D eigenvalue weighted by atomic mass is 16.5. The summed E-state index contributed by atoms with van der Waals surface area (Å²) in [6, 6.07) is 15.1. The molecular formula is C19H24N2O3. The van der Waals surface area contributed by atoms with Gasteiger partial charge in [0.2, 0.25) is 5.91 Å². The van der Waals surface area contributed by atoms with Crippen molar-refractivity contribution >= 4 is 11.6 Å². The van der Waals surface area contributed by atoms with Crippen molar-refractivity contribution < 1.29 is 14.3 Å². The quantitative estimate of drug-likeness (QED) is 0.742. The predicted molar refractivity (Wildman–Crippen MR) is 95.6 cm³/mol. The Balaban J connectivity index is 1.76. The lowest BCUT2D eigenvalue weighted by Crippen LogP contribution is -2.16. The fourth-order valence-corrected chi connectivity index (χ4v) is 2.19. The van der Waals surface area contributed by atoms with Gasteiger partial charge < -0.3 is 20.1 Å². The van der Waals surface area contributed by atoms with Gasteiger partial charge in [-0.15, -0.1) is 0 Å². The molecule has 0 fully saturated rings. The van der Waals surface area contributed by atoms with Gasteiger partial charge in [0.05, 0.1) is 20.1 Å². The van der Waals surface area contributed by atoms with Crippen LogP contribution in [0.15, 0.2) is 48.5 Å². The van der Waals surface area contributed by atoms with Crippen LogP contribution in [0.4, 0.5) is 5.69 Å². The van der Waals surface area contributed by atoms with E-state index in [-0.39, 0.29) is 5.91 Å². The smallest absolute Gasteiger partial charge is 0.227 e. The number of nitrogens with one attached hydrogen (secondary N) is 2. The van der Waals surface area contributed by atoms with Gasteiger partial charge >= 0.3 is 0 Å². The topological polar surface area (TPSA) is 59.6 Å². The Morgan fingerprint density at radius 2 is 1.83 bits per heavy atom. The standard InChI is InChI=1S/C19H24N2O3/c1-3-20-14-15-5-4-6-16(13-15)21-19(22)11-12-24-18-9-7-17(23-2)8-10-18/h4-10,13,20H,3,11-12,14H2,1-2H3,(H,21,22). The zero-order valence-corrected chi connectivity index (χ0v) is 14.2. The van der Waals surface area contributed by atoms with E-state index in [9.17, 15) is 4.79 Å². The molecule has 0 aromatic heterocycles. The molecule has 0 atom stereocenters. The third-order valence-corrected chi connectivity index (χ3v) is 3.45. The average Bonchev–Trinajstić information content (AvgIpc) is 2.61. The van der Waals surface area contributed by atoms with Gasteiger partial charge in [-0.2, -0.15) is 0 Å². The summed E-state index contributed by atoms with van der Waals surface area (Å²) in [6.45, 7) is 4.10. The van der Waals surface area contributed by atoms with Crippen LogP contribution in [-0.4, -0.2) is 26.2 Å². The molecule has 2 aromatic rings. The number of hydrogen-bond donors (Lipinski definition) is 2. The maximum atomic E-state index is 12.0. The lowest BCUT2D eigenvalue weighted by Gasteiger charge is -2.09. The number of methoxy groups -OCH3 is 1. The Labute approximate surface area is 143 Å². The molecule has 0 aliphatic rings. The Hall–Kier alpha value is -2.53. The first-order valence-electron chi connectivity index (χ1n) is 8.07. The number of benzene rings is 2. The van der Waals surface area contributed by atoms with Crippen molar-refractivity contribution in [2.75, 3.05) is 25.6 Å². The Morgan fingerprint density at radius 3 is 2.54 bits per heavy atom. The largest absolute Gasteiger partial charge is 0.497 e. The molecule has 0 heterocycles. The van der Waals surface area contributed by atoms with Crippen molar-refractivity contribution in [3.8, 4) is 11.5 Å². The highest BCUT2D eigenvalue weighted by molar-refractivity contribution is 5.90. The van der Waals surface area contributed by atoms with Crippen LogP contribution in [0.5, 0.6) is 11.5 Å². The summed E-state index contributed by atoms with van der Waals surface area (Å²) in [5.74, 6) is 1.43. The van der Waals surface area contributed by atoms with Crippen LogP contribution < -0.4 is 20.1 Å². The molecule has 2 rings (SSSR count). The van der Waals surface area contributed by atoms with E-state index in [0.717, 1.165) is 35.8 Å². The summed E-state index contributed by atoms with van der Waals surface area (Å²) < 4.78 is 10.7. The van der Waals surface area contributed by atoms with Gasteiger partial charge in [0, 0.05) is 12.2 Å². The lowest BCUT2D eigenvalue weighted by molar-refractivity contribution is -0.116.